The van der Waals surface area contributed by atoms with Crippen LogP contribution in [0.1, 0.15) is 47.4 Å². The van der Waals surface area contributed by atoms with Crippen molar-refractivity contribution in [3.05, 3.63) is 87.0 Å². The smallest absolute Gasteiger partial charge is 0.229 e. The zero-order valence-corrected chi connectivity index (χ0v) is 21.6. The van der Waals surface area contributed by atoms with E-state index in [2.05, 4.69) is 10.3 Å². The first-order chi connectivity index (χ1) is 16.5. The SMILES string of the molecule is CCS(=O)(=O)c1ccc(CC(=O)Nc2ccc3c(n2)CCC(C)(c2ccc(Cl)cc2Cl)C3=O)cc1. The number of Topliss-reactive ketones (excluding diaryl/α,β-unsaturated/α-hetero) is 1. The van der Waals surface area contributed by atoms with E-state index < -0.39 is 15.3 Å². The van der Waals surface area contributed by atoms with Gasteiger partial charge in [-0.1, -0.05) is 48.3 Å². The number of halogens is 2. The number of carbonyl (C=O) groups excluding carboxylic acids is 2. The average molecular weight is 531 g/mol. The van der Waals surface area contributed by atoms with Crippen LogP contribution in [-0.4, -0.2) is 30.8 Å². The number of hydrogen-bond donors (Lipinski definition) is 1. The molecule has 0 saturated carbocycles. The Morgan fingerprint density at radius 1 is 1.09 bits per heavy atom. The minimum absolute atomic E-state index is 0.0191. The van der Waals surface area contributed by atoms with Gasteiger partial charge in [0.2, 0.25) is 5.91 Å². The number of benzene rings is 2. The predicted molar refractivity (Wildman–Crippen MR) is 137 cm³/mol. The average Bonchev–Trinajstić information content (AvgIpc) is 2.82. The van der Waals surface area contributed by atoms with Gasteiger partial charge >= 0.3 is 0 Å². The molecule has 0 bridgehead atoms. The van der Waals surface area contributed by atoms with Crippen LogP contribution in [0.3, 0.4) is 0 Å². The molecule has 6 nitrogen and oxygen atoms in total. The van der Waals surface area contributed by atoms with E-state index in [-0.39, 0.29) is 28.8 Å². The Morgan fingerprint density at radius 2 is 1.80 bits per heavy atom. The van der Waals surface area contributed by atoms with Gasteiger partial charge in [0, 0.05) is 15.6 Å². The van der Waals surface area contributed by atoms with Crippen molar-refractivity contribution in [3.8, 4) is 0 Å². The van der Waals surface area contributed by atoms with Crippen molar-refractivity contribution in [2.75, 3.05) is 11.1 Å². The van der Waals surface area contributed by atoms with Gasteiger partial charge in [0.25, 0.3) is 0 Å². The lowest BCUT2D eigenvalue weighted by atomic mass is 9.69. The van der Waals surface area contributed by atoms with Gasteiger partial charge in [0.05, 0.1) is 28.2 Å². The molecular weight excluding hydrogens is 507 g/mol. The van der Waals surface area contributed by atoms with Crippen LogP contribution in [0.25, 0.3) is 0 Å². The standard InChI is InChI=1S/C26H24Cl2N2O4S/c1-3-35(33,34)18-7-4-16(5-8-18)14-24(31)30-23-11-9-19-22(29-23)12-13-26(2,25(19)32)20-10-6-17(27)15-21(20)28/h4-11,15H,3,12-14H2,1-2H3,(H,29,30,31). The van der Waals surface area contributed by atoms with E-state index in [1.54, 1.807) is 49.4 Å². The summed E-state index contributed by atoms with van der Waals surface area (Å²) in [5.41, 5.74) is 1.76. The number of amides is 1. The molecule has 1 aliphatic rings. The summed E-state index contributed by atoms with van der Waals surface area (Å²) in [7, 11) is -3.29. The summed E-state index contributed by atoms with van der Waals surface area (Å²) in [6.45, 7) is 3.46. The van der Waals surface area contributed by atoms with Crippen molar-refractivity contribution >= 4 is 50.5 Å². The van der Waals surface area contributed by atoms with Gasteiger partial charge < -0.3 is 5.32 Å². The molecular formula is C26H24Cl2N2O4S. The highest BCUT2D eigenvalue weighted by atomic mass is 35.5. The number of carbonyl (C=O) groups is 2. The lowest BCUT2D eigenvalue weighted by molar-refractivity contribution is -0.115. The number of aryl methyl sites for hydroxylation is 1. The third kappa shape index (κ3) is 5.13. The van der Waals surface area contributed by atoms with Crippen molar-refractivity contribution < 1.29 is 18.0 Å². The second kappa shape index (κ2) is 9.72. The van der Waals surface area contributed by atoms with E-state index >= 15 is 0 Å². The lowest BCUT2D eigenvalue weighted by Gasteiger charge is -2.34. The van der Waals surface area contributed by atoms with Gasteiger partial charge in [-0.05, 0) is 67.3 Å². The maximum absolute atomic E-state index is 13.4. The van der Waals surface area contributed by atoms with Gasteiger partial charge in [-0.2, -0.15) is 0 Å². The molecule has 1 unspecified atom stereocenters. The van der Waals surface area contributed by atoms with Gasteiger partial charge in [-0.15, -0.1) is 0 Å². The van der Waals surface area contributed by atoms with Crippen molar-refractivity contribution in [2.45, 2.75) is 43.4 Å². The summed E-state index contributed by atoms with van der Waals surface area (Å²) >= 11 is 12.4. The molecule has 35 heavy (non-hydrogen) atoms. The van der Waals surface area contributed by atoms with Crippen LogP contribution in [-0.2, 0) is 32.9 Å². The van der Waals surface area contributed by atoms with Crippen LogP contribution in [0.15, 0.2) is 59.5 Å². The normalized spacial score (nSPS) is 17.7. The Kier molecular flexibility index (Phi) is 7.04. The summed E-state index contributed by atoms with van der Waals surface area (Å²) in [5, 5.41) is 3.73. The van der Waals surface area contributed by atoms with E-state index in [4.69, 9.17) is 23.2 Å². The van der Waals surface area contributed by atoms with Crippen LogP contribution >= 0.6 is 23.2 Å². The minimum Gasteiger partial charge on any atom is -0.310 e. The highest BCUT2D eigenvalue weighted by Gasteiger charge is 2.41. The Bertz CT molecular complexity index is 1420. The van der Waals surface area contributed by atoms with Crippen molar-refractivity contribution in [2.24, 2.45) is 0 Å². The first-order valence-corrected chi connectivity index (χ1v) is 13.6. The van der Waals surface area contributed by atoms with E-state index in [1.165, 1.54) is 12.1 Å². The van der Waals surface area contributed by atoms with Gasteiger partial charge in [0.1, 0.15) is 5.82 Å². The molecule has 0 spiro atoms. The van der Waals surface area contributed by atoms with Crippen molar-refractivity contribution in [1.82, 2.24) is 4.98 Å². The second-order valence-corrected chi connectivity index (χ2v) is 11.9. The number of sulfone groups is 1. The fourth-order valence-corrected chi connectivity index (χ4v) is 5.80. The van der Waals surface area contributed by atoms with Crippen molar-refractivity contribution in [3.63, 3.8) is 0 Å². The Balaban J connectivity index is 1.48. The molecule has 3 aromatic rings. The van der Waals surface area contributed by atoms with Crippen LogP contribution in [0.2, 0.25) is 10.0 Å². The van der Waals surface area contributed by atoms with E-state index in [9.17, 15) is 18.0 Å². The molecule has 1 atom stereocenters. The molecule has 1 heterocycles. The molecule has 0 radical (unpaired) electrons. The second-order valence-electron chi connectivity index (χ2n) is 8.75. The summed E-state index contributed by atoms with van der Waals surface area (Å²) in [6, 6.07) is 14.7. The Labute approximate surface area is 214 Å². The highest BCUT2D eigenvalue weighted by Crippen LogP contribution is 2.41. The quantitative estimate of drug-likeness (QED) is 0.457. The molecule has 4 rings (SSSR count). The number of hydrogen-bond acceptors (Lipinski definition) is 5. The van der Waals surface area contributed by atoms with Crippen LogP contribution < -0.4 is 5.32 Å². The molecule has 9 heteroatoms. The zero-order chi connectivity index (χ0) is 25.4. The summed E-state index contributed by atoms with van der Waals surface area (Å²) in [6.07, 6.45) is 1.14. The molecule has 2 aromatic carbocycles. The molecule has 1 aromatic heterocycles. The van der Waals surface area contributed by atoms with Gasteiger partial charge in [0.15, 0.2) is 15.6 Å². The maximum atomic E-state index is 13.4. The molecule has 0 fully saturated rings. The summed E-state index contributed by atoms with van der Waals surface area (Å²) in [5.74, 6) is 0.0180. The van der Waals surface area contributed by atoms with E-state index in [1.807, 2.05) is 6.92 Å². The third-order valence-electron chi connectivity index (χ3n) is 6.40. The Hall–Kier alpha value is -2.74. The molecule has 1 aliphatic carbocycles. The van der Waals surface area contributed by atoms with E-state index in [0.29, 0.717) is 45.5 Å². The van der Waals surface area contributed by atoms with Crippen LogP contribution in [0, 0.1) is 0 Å². The zero-order valence-electron chi connectivity index (χ0n) is 19.3. The number of nitrogens with one attached hydrogen (secondary N) is 1. The summed E-state index contributed by atoms with van der Waals surface area (Å²) in [4.78, 5) is 30.7. The number of nitrogens with zero attached hydrogens (tertiary/aromatic N) is 1. The first kappa shape index (κ1) is 25.4. The molecule has 0 aliphatic heterocycles. The lowest BCUT2D eigenvalue weighted by Crippen LogP contribution is -2.38. The number of anilines is 1. The minimum atomic E-state index is -3.29. The number of rotatable bonds is 6. The highest BCUT2D eigenvalue weighted by molar-refractivity contribution is 7.91. The van der Waals surface area contributed by atoms with Crippen LogP contribution in [0.5, 0.6) is 0 Å². The third-order valence-corrected chi connectivity index (χ3v) is 8.70. The molecule has 1 amide bonds. The Morgan fingerprint density at radius 3 is 2.46 bits per heavy atom. The fraction of sp³-hybridized carbons (Fsp3) is 0.269. The van der Waals surface area contributed by atoms with Crippen molar-refractivity contribution in [1.29, 1.82) is 0 Å². The maximum Gasteiger partial charge on any atom is 0.229 e. The van der Waals surface area contributed by atoms with Gasteiger partial charge in [-0.25, -0.2) is 13.4 Å². The van der Waals surface area contributed by atoms with Gasteiger partial charge in [-0.3, -0.25) is 9.59 Å². The number of pyridine rings is 1. The van der Waals surface area contributed by atoms with Crippen LogP contribution in [0.4, 0.5) is 5.82 Å². The molecule has 0 saturated heterocycles. The monoisotopic (exact) mass is 530 g/mol. The topological polar surface area (TPSA) is 93.2 Å². The molecule has 1 N–H and O–H groups in total. The molecule has 182 valence electrons. The summed E-state index contributed by atoms with van der Waals surface area (Å²) < 4.78 is 23.9. The first-order valence-electron chi connectivity index (χ1n) is 11.2. The number of aromatic nitrogens is 1. The predicted octanol–water partition coefficient (Wildman–Crippen LogP) is 5.45. The number of ketones is 1. The fourth-order valence-electron chi connectivity index (χ4n) is 4.30. The largest absolute Gasteiger partial charge is 0.310 e. The number of fused-ring (bicyclic) bond motifs is 1. The van der Waals surface area contributed by atoms with E-state index in [0.717, 1.165) is 5.56 Å².